The lowest BCUT2D eigenvalue weighted by atomic mass is 10.0. The van der Waals surface area contributed by atoms with Crippen molar-refractivity contribution in [3.05, 3.63) is 47.0 Å². The van der Waals surface area contributed by atoms with Crippen molar-refractivity contribution in [3.63, 3.8) is 0 Å². The van der Waals surface area contributed by atoms with Gasteiger partial charge in [-0.05, 0) is 30.7 Å². The van der Waals surface area contributed by atoms with Gasteiger partial charge in [0.25, 0.3) is 5.56 Å². The van der Waals surface area contributed by atoms with Gasteiger partial charge in [-0.25, -0.2) is 8.42 Å². The van der Waals surface area contributed by atoms with Crippen LogP contribution in [0.3, 0.4) is 0 Å². The van der Waals surface area contributed by atoms with Crippen LogP contribution in [0.25, 0.3) is 22.0 Å². The summed E-state index contributed by atoms with van der Waals surface area (Å²) >= 11 is 0. The zero-order chi connectivity index (χ0) is 20.8. The summed E-state index contributed by atoms with van der Waals surface area (Å²) < 4.78 is 31.7. The number of carbonyl (C=O) groups excluding carboxylic acids is 1. The van der Waals surface area contributed by atoms with E-state index in [1.165, 1.54) is 10.6 Å². The number of sulfone groups is 1. The molecular weight excluding hydrogens is 394 g/mol. The molecule has 8 nitrogen and oxygen atoms in total. The summed E-state index contributed by atoms with van der Waals surface area (Å²) in [5.41, 5.74) is 1.50. The first-order valence-corrected chi connectivity index (χ1v) is 11.1. The van der Waals surface area contributed by atoms with Crippen LogP contribution in [0.4, 0.5) is 0 Å². The monoisotopic (exact) mass is 415 g/mol. The van der Waals surface area contributed by atoms with Crippen molar-refractivity contribution >= 4 is 26.6 Å². The number of aryl methyl sites for hydroxylation is 1. The van der Waals surface area contributed by atoms with Crippen LogP contribution in [0, 0.1) is 0 Å². The third-order valence-electron chi connectivity index (χ3n) is 5.09. The lowest BCUT2D eigenvalue weighted by Gasteiger charge is -2.17. The van der Waals surface area contributed by atoms with Gasteiger partial charge >= 0.3 is 0 Å². The Kier molecular flexibility index (Phi) is 4.70. The van der Waals surface area contributed by atoms with Crippen molar-refractivity contribution in [2.45, 2.75) is 23.8 Å². The molecule has 0 radical (unpaired) electrons. The smallest absolute Gasteiger partial charge is 0.274 e. The number of aromatic amines is 1. The molecule has 0 aliphatic carbocycles. The van der Waals surface area contributed by atoms with E-state index in [0.29, 0.717) is 40.6 Å². The summed E-state index contributed by atoms with van der Waals surface area (Å²) in [5.74, 6) is 0.484. The fourth-order valence-electron chi connectivity index (χ4n) is 3.55. The quantitative estimate of drug-likeness (QED) is 0.658. The van der Waals surface area contributed by atoms with Crippen LogP contribution in [-0.2, 0) is 21.7 Å². The van der Waals surface area contributed by atoms with Gasteiger partial charge in [0.15, 0.2) is 9.84 Å². The molecule has 2 N–H and O–H groups in total. The normalized spacial score (nSPS) is 16.9. The van der Waals surface area contributed by atoms with Gasteiger partial charge in [0.1, 0.15) is 17.9 Å². The minimum atomic E-state index is -3.44. The number of amides is 1. The molecule has 152 valence electrons. The number of ether oxygens (including phenoxy) is 1. The van der Waals surface area contributed by atoms with E-state index in [0.717, 1.165) is 6.26 Å². The van der Waals surface area contributed by atoms with Gasteiger partial charge in [0.2, 0.25) is 5.91 Å². The number of nitrogens with one attached hydrogen (secondary N) is 2. The maximum Gasteiger partial charge on any atom is 0.274 e. The van der Waals surface area contributed by atoms with Crippen LogP contribution >= 0.6 is 0 Å². The average molecular weight is 415 g/mol. The van der Waals surface area contributed by atoms with Crippen LogP contribution in [0.2, 0.25) is 0 Å². The van der Waals surface area contributed by atoms with E-state index in [1.54, 1.807) is 37.6 Å². The number of pyridine rings is 1. The summed E-state index contributed by atoms with van der Waals surface area (Å²) in [5, 5.41) is 3.53. The van der Waals surface area contributed by atoms with E-state index in [1.807, 2.05) is 0 Å². The molecular formula is C20H21N3O5S. The third kappa shape index (κ3) is 3.65. The summed E-state index contributed by atoms with van der Waals surface area (Å²) in [6.45, 7) is 0.277. The van der Waals surface area contributed by atoms with Gasteiger partial charge in [-0.1, -0.05) is 0 Å². The Morgan fingerprint density at radius 3 is 2.69 bits per heavy atom. The zero-order valence-electron chi connectivity index (χ0n) is 16.1. The number of H-pyrrole nitrogens is 1. The number of aromatic nitrogens is 2. The van der Waals surface area contributed by atoms with Gasteiger partial charge in [-0.3, -0.25) is 9.59 Å². The van der Waals surface area contributed by atoms with Gasteiger partial charge < -0.3 is 19.6 Å². The zero-order valence-corrected chi connectivity index (χ0v) is 16.9. The Morgan fingerprint density at radius 2 is 2.00 bits per heavy atom. The average Bonchev–Trinajstić information content (AvgIpc) is 3.31. The predicted molar refractivity (Wildman–Crippen MR) is 109 cm³/mol. The highest BCUT2D eigenvalue weighted by Crippen LogP contribution is 2.36. The maximum absolute atomic E-state index is 12.4. The Labute approximate surface area is 167 Å². The highest BCUT2D eigenvalue weighted by atomic mass is 32.2. The lowest BCUT2D eigenvalue weighted by molar-refractivity contribution is -0.119. The predicted octanol–water partition coefficient (Wildman–Crippen LogP) is 1.59. The van der Waals surface area contributed by atoms with Crippen molar-refractivity contribution in [2.75, 3.05) is 12.9 Å². The molecule has 1 aliphatic rings. The second-order valence-corrected chi connectivity index (χ2v) is 9.29. The van der Waals surface area contributed by atoms with Gasteiger partial charge in [-0.2, -0.15) is 0 Å². The minimum absolute atomic E-state index is 0.00154. The minimum Gasteiger partial charge on any atom is -0.491 e. The molecule has 3 heterocycles. The van der Waals surface area contributed by atoms with Gasteiger partial charge in [-0.15, -0.1) is 0 Å². The topological polar surface area (TPSA) is 110 Å². The SMILES string of the molecule is Cn1cc(-c2cc(S(C)(=O)=O)ccc2OC[C@@H]2CCC(=O)N2)c2cc[nH]c2c1=O. The first-order chi connectivity index (χ1) is 13.7. The first-order valence-electron chi connectivity index (χ1n) is 9.17. The number of benzene rings is 1. The number of rotatable bonds is 5. The van der Waals surface area contributed by atoms with Crippen LogP contribution in [-0.4, -0.2) is 42.8 Å². The first kappa shape index (κ1) is 19.3. The van der Waals surface area contributed by atoms with E-state index >= 15 is 0 Å². The van der Waals surface area contributed by atoms with Crippen molar-refractivity contribution < 1.29 is 17.9 Å². The van der Waals surface area contributed by atoms with E-state index in [-0.39, 0.29) is 29.0 Å². The van der Waals surface area contributed by atoms with Gasteiger partial charge in [0, 0.05) is 48.6 Å². The molecule has 1 fully saturated rings. The standard InChI is InChI=1S/C20H21N3O5S/c1-23-10-16(14-7-8-21-19(14)20(23)25)15-9-13(29(2,26)27)4-5-17(15)28-11-12-3-6-18(24)22-12/h4-5,7-10,12,21H,3,6,11H2,1-2H3,(H,22,24)/t12-/m0/s1. The molecule has 29 heavy (non-hydrogen) atoms. The van der Waals surface area contributed by atoms with Crippen LogP contribution in [0.5, 0.6) is 5.75 Å². The fraction of sp³-hybridized carbons (Fsp3) is 0.300. The maximum atomic E-state index is 12.4. The molecule has 1 atom stereocenters. The van der Waals surface area contributed by atoms with Gasteiger partial charge in [0.05, 0.1) is 10.9 Å². The Hall–Kier alpha value is -3.07. The van der Waals surface area contributed by atoms with E-state index < -0.39 is 9.84 Å². The van der Waals surface area contributed by atoms with Crippen molar-refractivity contribution in [1.82, 2.24) is 14.9 Å². The van der Waals surface area contributed by atoms with E-state index in [4.69, 9.17) is 4.74 Å². The highest BCUT2D eigenvalue weighted by Gasteiger charge is 2.23. The number of carbonyl (C=O) groups is 1. The number of hydrogen-bond donors (Lipinski definition) is 2. The molecule has 1 amide bonds. The fourth-order valence-corrected chi connectivity index (χ4v) is 4.20. The molecule has 4 rings (SSSR count). The Balaban J connectivity index is 1.84. The summed E-state index contributed by atoms with van der Waals surface area (Å²) in [7, 11) is -1.80. The molecule has 1 saturated heterocycles. The summed E-state index contributed by atoms with van der Waals surface area (Å²) in [6.07, 6.45) is 5.65. The molecule has 0 bridgehead atoms. The highest BCUT2D eigenvalue weighted by molar-refractivity contribution is 7.90. The summed E-state index contributed by atoms with van der Waals surface area (Å²) in [4.78, 5) is 26.9. The molecule has 2 aromatic heterocycles. The molecule has 1 aliphatic heterocycles. The second-order valence-electron chi connectivity index (χ2n) is 7.27. The van der Waals surface area contributed by atoms with Crippen LogP contribution < -0.4 is 15.6 Å². The lowest BCUT2D eigenvalue weighted by Crippen LogP contribution is -2.30. The Morgan fingerprint density at radius 1 is 1.21 bits per heavy atom. The number of nitrogens with zero attached hydrogens (tertiary/aromatic N) is 1. The van der Waals surface area contributed by atoms with Crippen molar-refractivity contribution in [3.8, 4) is 16.9 Å². The second kappa shape index (κ2) is 7.07. The molecule has 3 aromatic rings. The molecule has 9 heteroatoms. The Bertz CT molecular complexity index is 1270. The third-order valence-corrected chi connectivity index (χ3v) is 6.20. The number of hydrogen-bond acceptors (Lipinski definition) is 5. The summed E-state index contributed by atoms with van der Waals surface area (Å²) in [6, 6.07) is 6.37. The van der Waals surface area contributed by atoms with E-state index in [2.05, 4.69) is 10.3 Å². The van der Waals surface area contributed by atoms with Crippen molar-refractivity contribution in [1.29, 1.82) is 0 Å². The van der Waals surface area contributed by atoms with Crippen molar-refractivity contribution in [2.24, 2.45) is 7.05 Å². The number of fused-ring (bicyclic) bond motifs is 1. The van der Waals surface area contributed by atoms with Crippen LogP contribution in [0.15, 0.2) is 46.3 Å². The van der Waals surface area contributed by atoms with Crippen LogP contribution in [0.1, 0.15) is 12.8 Å². The largest absolute Gasteiger partial charge is 0.491 e. The van der Waals surface area contributed by atoms with E-state index in [9.17, 15) is 18.0 Å². The molecule has 0 unspecified atom stereocenters. The molecule has 0 saturated carbocycles. The molecule has 1 aromatic carbocycles. The molecule has 0 spiro atoms.